The average molecular weight is 128 g/mol. The fourth-order valence-electron chi connectivity index (χ4n) is 1.35. The van der Waals surface area contributed by atoms with Crippen LogP contribution in [-0.2, 0) is 0 Å². The minimum absolute atomic E-state index is 0.156. The largest absolute Gasteiger partial charge is 0.392 e. The van der Waals surface area contributed by atoms with Crippen LogP contribution in [0.3, 0.4) is 0 Å². The quantitative estimate of drug-likeness (QED) is 0.544. The van der Waals surface area contributed by atoms with Crippen LogP contribution < -0.4 is 5.32 Å². The summed E-state index contributed by atoms with van der Waals surface area (Å²) in [7, 11) is 3.55. The van der Waals surface area contributed by atoms with Gasteiger partial charge in [-0.2, -0.15) is 0 Å². The van der Waals surface area contributed by atoms with Gasteiger partial charge in [-0.15, -0.1) is 0 Å². The topological polar surface area (TPSA) is 32.3 Å². The van der Waals surface area contributed by atoms with E-state index in [0.717, 1.165) is 12.8 Å². The van der Waals surface area contributed by atoms with Gasteiger partial charge in [0.1, 0.15) is 0 Å². The summed E-state index contributed by atoms with van der Waals surface area (Å²) in [4.78, 5) is 0. The lowest BCUT2D eigenvalue weighted by molar-refractivity contribution is 0.0970. The maximum atomic E-state index is 9.27. The molecule has 1 radical (unpaired) electrons. The maximum absolute atomic E-state index is 9.27. The normalized spacial score (nSPS) is 36.7. The van der Waals surface area contributed by atoms with Gasteiger partial charge in [0.05, 0.1) is 6.10 Å². The fraction of sp³-hybridized carbons (Fsp3) is 0.857. The van der Waals surface area contributed by atoms with Crippen LogP contribution in [0.25, 0.3) is 0 Å². The van der Waals surface area contributed by atoms with Crippen molar-refractivity contribution in [1.82, 2.24) is 5.32 Å². The van der Waals surface area contributed by atoms with E-state index in [-0.39, 0.29) is 12.1 Å². The Morgan fingerprint density at radius 2 is 2.00 bits per heavy atom. The fourth-order valence-corrected chi connectivity index (χ4v) is 1.35. The van der Waals surface area contributed by atoms with Gasteiger partial charge in [0.2, 0.25) is 0 Å². The van der Waals surface area contributed by atoms with Gasteiger partial charge >= 0.3 is 0 Å². The van der Waals surface area contributed by atoms with Crippen LogP contribution in [0, 0.1) is 7.05 Å². The van der Waals surface area contributed by atoms with E-state index in [1.54, 1.807) is 0 Å². The van der Waals surface area contributed by atoms with Crippen LogP contribution in [-0.4, -0.2) is 17.3 Å². The lowest BCUT2D eigenvalue weighted by atomic mass is 9.93. The van der Waals surface area contributed by atoms with Gasteiger partial charge in [0.25, 0.3) is 0 Å². The van der Waals surface area contributed by atoms with E-state index in [9.17, 15) is 5.11 Å². The zero-order chi connectivity index (χ0) is 6.69. The second kappa shape index (κ2) is 3.18. The third kappa shape index (κ3) is 1.66. The van der Waals surface area contributed by atoms with E-state index in [0.29, 0.717) is 0 Å². The maximum Gasteiger partial charge on any atom is 0.0693 e. The zero-order valence-corrected chi connectivity index (χ0v) is 5.64. The van der Waals surface area contributed by atoms with Gasteiger partial charge in [-0.3, -0.25) is 0 Å². The predicted octanol–water partition coefficient (Wildman–Crippen LogP) is 0.671. The van der Waals surface area contributed by atoms with Crippen molar-refractivity contribution in [3.8, 4) is 0 Å². The Bertz CT molecular complexity index is 85.0. The predicted molar refractivity (Wildman–Crippen MR) is 36.8 cm³/mol. The molecule has 0 bridgehead atoms. The Morgan fingerprint density at radius 1 is 1.33 bits per heavy atom. The number of rotatable bonds is 1. The minimum atomic E-state index is -0.156. The van der Waals surface area contributed by atoms with Crippen LogP contribution in [0.2, 0.25) is 0 Å². The van der Waals surface area contributed by atoms with Crippen LogP contribution in [0.1, 0.15) is 25.7 Å². The molecular formula is C7H14NO. The minimum Gasteiger partial charge on any atom is -0.392 e. The summed E-state index contributed by atoms with van der Waals surface area (Å²) in [6.45, 7) is 0. The molecule has 1 saturated carbocycles. The molecule has 0 aromatic carbocycles. The first-order valence-electron chi connectivity index (χ1n) is 3.55. The van der Waals surface area contributed by atoms with Crippen molar-refractivity contribution in [2.45, 2.75) is 37.8 Å². The van der Waals surface area contributed by atoms with Crippen LogP contribution >= 0.6 is 0 Å². The van der Waals surface area contributed by atoms with Crippen molar-refractivity contribution in [1.29, 1.82) is 0 Å². The highest BCUT2D eigenvalue weighted by molar-refractivity contribution is 4.79. The standard InChI is InChI=1S/C7H14NO/c1-8-6-4-2-3-5-7(6)9/h6-9H,1-5H2. The van der Waals surface area contributed by atoms with E-state index in [1.807, 2.05) is 0 Å². The van der Waals surface area contributed by atoms with Crippen molar-refractivity contribution in [2.24, 2.45) is 0 Å². The SMILES string of the molecule is [CH2]NC1CCCCC1O. The molecule has 9 heavy (non-hydrogen) atoms. The first-order valence-corrected chi connectivity index (χ1v) is 3.55. The summed E-state index contributed by atoms with van der Waals surface area (Å²) in [6.07, 6.45) is 4.25. The van der Waals surface area contributed by atoms with Gasteiger partial charge in [-0.25, -0.2) is 0 Å². The molecule has 2 nitrogen and oxygen atoms in total. The van der Waals surface area contributed by atoms with Gasteiger partial charge in [-0.1, -0.05) is 12.8 Å². The molecule has 0 aromatic heterocycles. The summed E-state index contributed by atoms with van der Waals surface area (Å²) in [5, 5.41) is 12.1. The van der Waals surface area contributed by atoms with Crippen molar-refractivity contribution in [3.63, 3.8) is 0 Å². The van der Waals surface area contributed by atoms with Crippen molar-refractivity contribution in [3.05, 3.63) is 7.05 Å². The van der Waals surface area contributed by atoms with Crippen molar-refractivity contribution < 1.29 is 5.11 Å². The van der Waals surface area contributed by atoms with Gasteiger partial charge < -0.3 is 10.4 Å². The summed E-state index contributed by atoms with van der Waals surface area (Å²) in [5.74, 6) is 0. The Kier molecular flexibility index (Phi) is 2.49. The van der Waals surface area contributed by atoms with Crippen LogP contribution in [0.4, 0.5) is 0 Å². The number of hydrogen-bond donors (Lipinski definition) is 2. The number of hydrogen-bond acceptors (Lipinski definition) is 2. The number of aliphatic hydroxyl groups is 1. The molecule has 2 N–H and O–H groups in total. The highest BCUT2D eigenvalue weighted by Gasteiger charge is 2.20. The molecule has 0 aromatic rings. The van der Waals surface area contributed by atoms with E-state index in [4.69, 9.17) is 0 Å². The molecule has 53 valence electrons. The first-order chi connectivity index (χ1) is 4.34. The van der Waals surface area contributed by atoms with Crippen molar-refractivity contribution in [2.75, 3.05) is 0 Å². The molecule has 2 unspecified atom stereocenters. The third-order valence-corrected chi connectivity index (χ3v) is 1.99. The van der Waals surface area contributed by atoms with E-state index >= 15 is 0 Å². The molecule has 1 aliphatic rings. The summed E-state index contributed by atoms with van der Waals surface area (Å²) < 4.78 is 0. The van der Waals surface area contributed by atoms with Crippen LogP contribution in [0.5, 0.6) is 0 Å². The highest BCUT2D eigenvalue weighted by atomic mass is 16.3. The Labute approximate surface area is 56.3 Å². The Balaban J connectivity index is 2.30. The zero-order valence-electron chi connectivity index (χ0n) is 5.64. The average Bonchev–Trinajstić information content (AvgIpc) is 1.89. The second-order valence-corrected chi connectivity index (χ2v) is 2.66. The molecule has 0 amide bonds. The second-order valence-electron chi connectivity index (χ2n) is 2.66. The van der Waals surface area contributed by atoms with Crippen molar-refractivity contribution >= 4 is 0 Å². The van der Waals surface area contributed by atoms with Gasteiger partial charge in [0, 0.05) is 13.1 Å². The number of aliphatic hydroxyl groups excluding tert-OH is 1. The molecule has 0 spiro atoms. The van der Waals surface area contributed by atoms with E-state index in [1.165, 1.54) is 12.8 Å². The lowest BCUT2D eigenvalue weighted by Gasteiger charge is -2.26. The Hall–Kier alpha value is -0.0800. The summed E-state index contributed by atoms with van der Waals surface area (Å²) in [6, 6.07) is 0.249. The van der Waals surface area contributed by atoms with Gasteiger partial charge in [-0.05, 0) is 12.8 Å². The molecule has 1 fully saturated rings. The molecule has 2 heteroatoms. The van der Waals surface area contributed by atoms with Gasteiger partial charge in [0.15, 0.2) is 0 Å². The molecule has 1 rings (SSSR count). The lowest BCUT2D eigenvalue weighted by Crippen LogP contribution is -2.38. The smallest absolute Gasteiger partial charge is 0.0693 e. The Morgan fingerprint density at radius 3 is 2.44 bits per heavy atom. The molecule has 0 heterocycles. The molecule has 0 saturated heterocycles. The molecule has 1 aliphatic carbocycles. The number of nitrogens with one attached hydrogen (secondary N) is 1. The van der Waals surface area contributed by atoms with E-state index in [2.05, 4.69) is 12.4 Å². The highest BCUT2D eigenvalue weighted by Crippen LogP contribution is 2.17. The summed E-state index contributed by atoms with van der Waals surface area (Å²) >= 11 is 0. The monoisotopic (exact) mass is 128 g/mol. The molecular weight excluding hydrogens is 114 g/mol. The molecule has 0 aliphatic heterocycles. The van der Waals surface area contributed by atoms with Crippen LogP contribution in [0.15, 0.2) is 0 Å². The summed E-state index contributed by atoms with van der Waals surface area (Å²) in [5.41, 5.74) is 0. The molecule has 2 atom stereocenters. The first kappa shape index (κ1) is 7.03. The van der Waals surface area contributed by atoms with E-state index < -0.39 is 0 Å². The third-order valence-electron chi connectivity index (χ3n) is 1.99.